The molecule has 4 aromatic carbocycles. The second-order valence-electron chi connectivity index (χ2n) is 13.3. The molecular formula is C38H38F2N8O2. The minimum absolute atomic E-state index is 0.194. The van der Waals surface area contributed by atoms with Crippen molar-refractivity contribution in [3.05, 3.63) is 101 Å². The number of halogens is 2. The Labute approximate surface area is 287 Å². The molecule has 10 nitrogen and oxygen atoms in total. The van der Waals surface area contributed by atoms with Crippen LogP contribution < -0.4 is 15.5 Å². The van der Waals surface area contributed by atoms with Crippen LogP contribution in [0.4, 0.5) is 26.0 Å². The summed E-state index contributed by atoms with van der Waals surface area (Å²) in [7, 11) is 2.13. The molecule has 0 aliphatic carbocycles. The normalized spacial score (nSPS) is 15.9. The van der Waals surface area contributed by atoms with Crippen LogP contribution in [0.25, 0.3) is 32.9 Å². The molecule has 0 spiro atoms. The molecule has 2 saturated heterocycles. The Morgan fingerprint density at radius 1 is 0.920 bits per heavy atom. The molecule has 6 aromatic rings. The number of piperazine rings is 1. The number of fused-ring (bicyclic) bond motifs is 2. The quantitative estimate of drug-likeness (QED) is 0.144. The van der Waals surface area contributed by atoms with Gasteiger partial charge in [0.05, 0.1) is 22.8 Å². The average molecular weight is 677 g/mol. The molecule has 0 atom stereocenters. The van der Waals surface area contributed by atoms with Gasteiger partial charge in [0.2, 0.25) is 0 Å². The van der Waals surface area contributed by atoms with E-state index in [1.54, 1.807) is 6.20 Å². The lowest BCUT2D eigenvalue weighted by Crippen LogP contribution is -2.44. The Bertz CT molecular complexity index is 2160. The number of carbonyl (C=O) groups is 1. The Kier molecular flexibility index (Phi) is 8.63. The van der Waals surface area contributed by atoms with E-state index in [0.29, 0.717) is 41.1 Å². The van der Waals surface area contributed by atoms with Crippen LogP contribution in [0.1, 0.15) is 34.3 Å². The molecule has 0 bridgehead atoms. The zero-order valence-corrected chi connectivity index (χ0v) is 27.7. The van der Waals surface area contributed by atoms with Gasteiger partial charge in [-0.05, 0) is 103 Å². The van der Waals surface area contributed by atoms with Gasteiger partial charge in [-0.1, -0.05) is 6.07 Å². The van der Waals surface area contributed by atoms with E-state index in [0.717, 1.165) is 84.1 Å². The maximum atomic E-state index is 14.3. The lowest BCUT2D eigenvalue weighted by molar-refractivity contribution is 0.0904. The van der Waals surface area contributed by atoms with E-state index in [-0.39, 0.29) is 18.4 Å². The lowest BCUT2D eigenvalue weighted by Gasteiger charge is -2.34. The van der Waals surface area contributed by atoms with Gasteiger partial charge in [-0.25, -0.2) is 8.78 Å². The molecule has 4 heterocycles. The number of hydrogen-bond acceptors (Lipinski definition) is 7. The highest BCUT2D eigenvalue weighted by Crippen LogP contribution is 2.35. The number of rotatable bonds is 8. The van der Waals surface area contributed by atoms with Crippen LogP contribution >= 0.6 is 0 Å². The smallest absolute Gasteiger partial charge is 0.258 e. The van der Waals surface area contributed by atoms with Crippen molar-refractivity contribution in [1.29, 1.82) is 0 Å². The van der Waals surface area contributed by atoms with Crippen molar-refractivity contribution in [3.63, 3.8) is 0 Å². The number of nitrogens with one attached hydrogen (secondary N) is 4. The number of amides is 1. The van der Waals surface area contributed by atoms with E-state index in [1.165, 1.54) is 12.1 Å². The van der Waals surface area contributed by atoms with E-state index in [2.05, 4.69) is 53.9 Å². The number of aromatic amines is 2. The Morgan fingerprint density at radius 3 is 2.52 bits per heavy atom. The van der Waals surface area contributed by atoms with Crippen LogP contribution in [0, 0.1) is 11.6 Å². The highest BCUT2D eigenvalue weighted by atomic mass is 19.1. The van der Waals surface area contributed by atoms with Crippen molar-refractivity contribution in [3.8, 4) is 11.1 Å². The van der Waals surface area contributed by atoms with E-state index < -0.39 is 11.6 Å². The fourth-order valence-corrected chi connectivity index (χ4v) is 7.01. The molecule has 0 unspecified atom stereocenters. The summed E-state index contributed by atoms with van der Waals surface area (Å²) in [5.74, 6) is -1.19. The third kappa shape index (κ3) is 6.64. The molecule has 12 heteroatoms. The maximum absolute atomic E-state index is 14.3. The predicted molar refractivity (Wildman–Crippen MR) is 192 cm³/mol. The van der Waals surface area contributed by atoms with E-state index in [9.17, 15) is 13.6 Å². The SMILES string of the molecule is CN1CCN(c2ccc(C(=O)Nc3n[nH]c4cc(-c5ccc6[nH]ncc6c5)c(Cc5cc(F)cc(F)c5)cc34)c(NC3CCOCC3)c2)CC1. The third-order valence-corrected chi connectivity index (χ3v) is 9.78. The number of H-pyrrole nitrogens is 2. The van der Waals surface area contributed by atoms with Crippen molar-refractivity contribution in [2.24, 2.45) is 0 Å². The van der Waals surface area contributed by atoms with Crippen LogP contribution in [-0.4, -0.2) is 83.7 Å². The summed E-state index contributed by atoms with van der Waals surface area (Å²) in [4.78, 5) is 18.7. The topological polar surface area (TPSA) is 114 Å². The van der Waals surface area contributed by atoms with Gasteiger partial charge >= 0.3 is 0 Å². The summed E-state index contributed by atoms with van der Waals surface area (Å²) in [5, 5.41) is 23.0. The van der Waals surface area contributed by atoms with Gasteiger partial charge in [0.1, 0.15) is 11.6 Å². The number of aromatic nitrogens is 4. The van der Waals surface area contributed by atoms with Gasteiger partial charge in [-0.2, -0.15) is 10.2 Å². The molecule has 1 amide bonds. The molecule has 8 rings (SSSR count). The van der Waals surface area contributed by atoms with Gasteiger partial charge in [0, 0.05) is 73.6 Å². The van der Waals surface area contributed by atoms with E-state index in [1.807, 2.05) is 42.5 Å². The summed E-state index contributed by atoms with van der Waals surface area (Å²) in [5.41, 5.74) is 7.08. The molecule has 0 saturated carbocycles. The number of ether oxygens (including phenoxy) is 1. The number of nitrogens with zero attached hydrogens (tertiary/aromatic N) is 4. The standard InChI is InChI=1S/C38H38F2N8O2/c1-47-8-10-48(11-9-47)30-3-4-31(35(20-30)42-29-6-12-50-13-7-29)38(49)43-37-33-18-25(14-23-15-27(39)19-28(40)16-23)32(21-36(33)45-46-37)24-2-5-34-26(17-24)22-41-44-34/h2-5,15-22,29,42H,6-14H2,1H3,(H,41,44)(H2,43,45,46,49). The van der Waals surface area contributed by atoms with Crippen LogP contribution in [0.5, 0.6) is 0 Å². The molecule has 2 aromatic heterocycles. The minimum atomic E-state index is -0.637. The van der Waals surface area contributed by atoms with Crippen LogP contribution in [0.3, 0.4) is 0 Å². The van der Waals surface area contributed by atoms with Crippen molar-refractivity contribution < 1.29 is 18.3 Å². The van der Waals surface area contributed by atoms with Crippen LogP contribution in [0.2, 0.25) is 0 Å². The Hall–Kier alpha value is -5.33. The molecule has 2 aliphatic rings. The van der Waals surface area contributed by atoms with Crippen molar-refractivity contribution >= 4 is 44.9 Å². The highest BCUT2D eigenvalue weighted by Gasteiger charge is 2.23. The zero-order valence-electron chi connectivity index (χ0n) is 27.7. The van der Waals surface area contributed by atoms with Gasteiger partial charge in [-0.15, -0.1) is 0 Å². The summed E-state index contributed by atoms with van der Waals surface area (Å²) >= 11 is 0. The number of hydrogen-bond donors (Lipinski definition) is 4. The minimum Gasteiger partial charge on any atom is -0.381 e. The monoisotopic (exact) mass is 676 g/mol. The number of anilines is 3. The largest absolute Gasteiger partial charge is 0.381 e. The molecule has 0 radical (unpaired) electrons. The van der Waals surface area contributed by atoms with E-state index in [4.69, 9.17) is 4.74 Å². The maximum Gasteiger partial charge on any atom is 0.258 e. The van der Waals surface area contributed by atoms with Crippen LogP contribution in [-0.2, 0) is 11.2 Å². The fourth-order valence-electron chi connectivity index (χ4n) is 7.01. The number of benzene rings is 4. The first-order chi connectivity index (χ1) is 24.4. The first kappa shape index (κ1) is 31.9. The van der Waals surface area contributed by atoms with Gasteiger partial charge < -0.3 is 25.2 Å². The molecular weight excluding hydrogens is 638 g/mol. The molecule has 50 heavy (non-hydrogen) atoms. The molecule has 256 valence electrons. The summed E-state index contributed by atoms with van der Waals surface area (Å²) in [6, 6.07) is 19.6. The fraction of sp³-hybridized carbons (Fsp3) is 0.289. The molecule has 2 aliphatic heterocycles. The van der Waals surface area contributed by atoms with Crippen molar-refractivity contribution in [2.75, 3.05) is 62.0 Å². The van der Waals surface area contributed by atoms with Gasteiger partial charge in [0.15, 0.2) is 5.82 Å². The predicted octanol–water partition coefficient (Wildman–Crippen LogP) is 6.57. The second-order valence-corrected chi connectivity index (χ2v) is 13.3. The highest BCUT2D eigenvalue weighted by molar-refractivity contribution is 6.11. The van der Waals surface area contributed by atoms with Crippen molar-refractivity contribution in [1.82, 2.24) is 25.3 Å². The Balaban J connectivity index is 1.14. The second kappa shape index (κ2) is 13.5. The van der Waals surface area contributed by atoms with Crippen LogP contribution in [0.15, 0.2) is 72.9 Å². The first-order valence-electron chi connectivity index (χ1n) is 17.0. The van der Waals surface area contributed by atoms with Gasteiger partial charge in [0.25, 0.3) is 5.91 Å². The summed E-state index contributed by atoms with van der Waals surface area (Å²) < 4.78 is 34.1. The Morgan fingerprint density at radius 2 is 1.72 bits per heavy atom. The molecule has 4 N–H and O–H groups in total. The van der Waals surface area contributed by atoms with Gasteiger partial charge in [-0.3, -0.25) is 15.0 Å². The first-order valence-corrected chi connectivity index (χ1v) is 17.0. The molecule has 2 fully saturated rings. The third-order valence-electron chi connectivity index (χ3n) is 9.78. The number of carbonyl (C=O) groups excluding carboxylic acids is 1. The van der Waals surface area contributed by atoms with E-state index >= 15 is 0 Å². The lowest BCUT2D eigenvalue weighted by atomic mass is 9.93. The zero-order chi connectivity index (χ0) is 34.2. The number of likely N-dealkylation sites (N-methyl/N-ethyl adjacent to an activating group) is 1. The average Bonchev–Trinajstić information content (AvgIpc) is 3.74. The van der Waals surface area contributed by atoms with Crippen molar-refractivity contribution in [2.45, 2.75) is 25.3 Å². The summed E-state index contributed by atoms with van der Waals surface area (Å²) in [6.45, 7) is 5.15. The summed E-state index contributed by atoms with van der Waals surface area (Å²) in [6.07, 6.45) is 3.73.